The molecule has 0 aromatic carbocycles. The van der Waals surface area contributed by atoms with Crippen LogP contribution in [0.4, 0.5) is 0 Å². The van der Waals surface area contributed by atoms with Gasteiger partial charge in [-0.3, -0.25) is 4.79 Å². The van der Waals surface area contributed by atoms with Crippen molar-refractivity contribution in [3.63, 3.8) is 0 Å². The van der Waals surface area contributed by atoms with Crippen molar-refractivity contribution in [2.75, 3.05) is 12.9 Å². The van der Waals surface area contributed by atoms with Crippen LogP contribution in [0.5, 0.6) is 0 Å². The monoisotopic (exact) mass is 359 g/mol. The summed E-state index contributed by atoms with van der Waals surface area (Å²) in [5, 5.41) is 9.44. The predicted octanol–water partition coefficient (Wildman–Crippen LogP) is 2.41. The molecule has 0 bridgehead atoms. The van der Waals surface area contributed by atoms with Crippen LogP contribution in [0, 0.1) is 0 Å². The SMILES string of the molecule is COC(C)Cn1c(SCC(=O)O)nc2cc(Br)cnc21. The molecular formula is C12H14BrN3O3S. The molecule has 2 heterocycles. The van der Waals surface area contributed by atoms with Crippen molar-refractivity contribution < 1.29 is 14.6 Å². The number of thioether (sulfide) groups is 1. The van der Waals surface area contributed by atoms with Gasteiger partial charge in [0.15, 0.2) is 10.8 Å². The number of ether oxygens (including phenoxy) is 1. The number of imidazole rings is 1. The van der Waals surface area contributed by atoms with E-state index in [0.29, 0.717) is 11.7 Å². The summed E-state index contributed by atoms with van der Waals surface area (Å²) in [5.41, 5.74) is 1.46. The molecule has 0 radical (unpaired) electrons. The van der Waals surface area contributed by atoms with Crippen LogP contribution in [0.15, 0.2) is 21.9 Å². The number of nitrogens with zero attached hydrogens (tertiary/aromatic N) is 3. The molecule has 108 valence electrons. The quantitative estimate of drug-likeness (QED) is 0.798. The second-order valence-electron chi connectivity index (χ2n) is 4.23. The van der Waals surface area contributed by atoms with E-state index >= 15 is 0 Å². The molecule has 0 fully saturated rings. The summed E-state index contributed by atoms with van der Waals surface area (Å²) in [6, 6.07) is 1.86. The molecule has 1 N–H and O–H groups in total. The molecule has 2 rings (SSSR count). The predicted molar refractivity (Wildman–Crippen MR) is 80.1 cm³/mol. The number of carboxylic acids is 1. The number of halogens is 1. The maximum atomic E-state index is 10.7. The van der Waals surface area contributed by atoms with Gasteiger partial charge in [-0.05, 0) is 28.9 Å². The zero-order chi connectivity index (χ0) is 14.7. The number of rotatable bonds is 6. The number of aromatic nitrogens is 3. The van der Waals surface area contributed by atoms with E-state index in [4.69, 9.17) is 9.84 Å². The van der Waals surface area contributed by atoms with E-state index in [9.17, 15) is 4.79 Å². The van der Waals surface area contributed by atoms with Crippen molar-refractivity contribution >= 4 is 44.8 Å². The fourth-order valence-electron chi connectivity index (χ4n) is 1.70. The molecule has 20 heavy (non-hydrogen) atoms. The topological polar surface area (TPSA) is 77.2 Å². The third kappa shape index (κ3) is 3.50. The molecule has 0 spiro atoms. The molecule has 0 aliphatic carbocycles. The Labute approximate surface area is 128 Å². The van der Waals surface area contributed by atoms with Crippen molar-refractivity contribution in [3.8, 4) is 0 Å². The largest absolute Gasteiger partial charge is 0.481 e. The minimum atomic E-state index is -0.873. The van der Waals surface area contributed by atoms with E-state index in [2.05, 4.69) is 25.9 Å². The summed E-state index contributed by atoms with van der Waals surface area (Å²) in [6.07, 6.45) is 1.69. The van der Waals surface area contributed by atoms with Gasteiger partial charge in [0.25, 0.3) is 0 Å². The van der Waals surface area contributed by atoms with Crippen LogP contribution < -0.4 is 0 Å². The van der Waals surface area contributed by atoms with Gasteiger partial charge in [0.2, 0.25) is 0 Å². The highest BCUT2D eigenvalue weighted by Crippen LogP contribution is 2.25. The number of hydrogen-bond acceptors (Lipinski definition) is 5. The van der Waals surface area contributed by atoms with E-state index in [-0.39, 0.29) is 11.9 Å². The minimum Gasteiger partial charge on any atom is -0.481 e. The van der Waals surface area contributed by atoms with Gasteiger partial charge < -0.3 is 14.4 Å². The highest BCUT2D eigenvalue weighted by atomic mass is 79.9. The highest BCUT2D eigenvalue weighted by molar-refractivity contribution is 9.10. The second-order valence-corrected chi connectivity index (χ2v) is 6.09. The van der Waals surface area contributed by atoms with Crippen LogP contribution in [-0.2, 0) is 16.1 Å². The van der Waals surface area contributed by atoms with Crippen molar-refractivity contribution in [1.29, 1.82) is 0 Å². The highest BCUT2D eigenvalue weighted by Gasteiger charge is 2.16. The molecule has 0 saturated carbocycles. The summed E-state index contributed by atoms with van der Waals surface area (Å²) in [7, 11) is 1.64. The third-order valence-electron chi connectivity index (χ3n) is 2.68. The molecule has 1 unspecified atom stereocenters. The summed E-state index contributed by atoms with van der Waals surface area (Å²) in [6.45, 7) is 2.51. The van der Waals surface area contributed by atoms with Crippen molar-refractivity contribution in [2.45, 2.75) is 24.7 Å². The number of pyridine rings is 1. The van der Waals surface area contributed by atoms with Crippen LogP contribution in [0.2, 0.25) is 0 Å². The number of hydrogen-bond donors (Lipinski definition) is 1. The molecule has 6 nitrogen and oxygen atoms in total. The van der Waals surface area contributed by atoms with Gasteiger partial charge in [0.05, 0.1) is 18.4 Å². The molecule has 0 aliphatic rings. The number of carbonyl (C=O) groups is 1. The standard InChI is InChI=1S/C12H14BrN3O3S/c1-7(19-2)5-16-11-9(3-8(13)4-14-11)15-12(16)20-6-10(17)18/h3-4,7H,5-6H2,1-2H3,(H,17,18). The molecule has 0 saturated heterocycles. The minimum absolute atomic E-state index is 0.0120. The summed E-state index contributed by atoms with van der Waals surface area (Å²) in [4.78, 5) is 19.5. The van der Waals surface area contributed by atoms with Crippen LogP contribution in [0.1, 0.15) is 6.92 Å². The lowest BCUT2D eigenvalue weighted by atomic mass is 10.4. The average molecular weight is 360 g/mol. The third-order valence-corrected chi connectivity index (χ3v) is 4.08. The lowest BCUT2D eigenvalue weighted by molar-refractivity contribution is -0.133. The van der Waals surface area contributed by atoms with Gasteiger partial charge >= 0.3 is 5.97 Å². The summed E-state index contributed by atoms with van der Waals surface area (Å²) < 4.78 is 8.00. The number of carboxylic acid groups (broad SMARTS) is 1. The molecule has 2 aromatic heterocycles. The van der Waals surface area contributed by atoms with E-state index in [0.717, 1.165) is 15.6 Å². The van der Waals surface area contributed by atoms with E-state index < -0.39 is 5.97 Å². The molecule has 0 aliphatic heterocycles. The average Bonchev–Trinajstić information content (AvgIpc) is 2.73. The molecule has 2 aromatic rings. The Bertz CT molecular complexity index is 632. The lowest BCUT2D eigenvalue weighted by Crippen LogP contribution is -2.16. The Hall–Kier alpha value is -1.12. The Morgan fingerprint density at radius 1 is 1.65 bits per heavy atom. The van der Waals surface area contributed by atoms with E-state index in [1.807, 2.05) is 17.6 Å². The van der Waals surface area contributed by atoms with E-state index in [1.165, 1.54) is 11.8 Å². The Kier molecular flexibility index (Phi) is 5.00. The number of aliphatic carboxylic acids is 1. The first-order chi connectivity index (χ1) is 9.51. The maximum Gasteiger partial charge on any atom is 0.313 e. The lowest BCUT2D eigenvalue weighted by Gasteiger charge is -2.12. The van der Waals surface area contributed by atoms with Gasteiger partial charge in [-0.25, -0.2) is 9.97 Å². The van der Waals surface area contributed by atoms with Gasteiger partial charge in [-0.1, -0.05) is 11.8 Å². The first-order valence-corrected chi connectivity index (χ1v) is 7.68. The van der Waals surface area contributed by atoms with E-state index in [1.54, 1.807) is 13.3 Å². The van der Waals surface area contributed by atoms with Crippen LogP contribution in [0.3, 0.4) is 0 Å². The van der Waals surface area contributed by atoms with Crippen molar-refractivity contribution in [3.05, 3.63) is 16.7 Å². The Morgan fingerprint density at radius 3 is 3.05 bits per heavy atom. The number of fused-ring (bicyclic) bond motifs is 1. The fourth-order valence-corrected chi connectivity index (χ4v) is 2.75. The Balaban J connectivity index is 2.41. The maximum absolute atomic E-state index is 10.7. The molecule has 8 heteroatoms. The first kappa shape index (κ1) is 15.3. The van der Waals surface area contributed by atoms with Gasteiger partial charge in [0, 0.05) is 17.8 Å². The first-order valence-electron chi connectivity index (χ1n) is 5.90. The molecule has 1 atom stereocenters. The Morgan fingerprint density at radius 2 is 2.40 bits per heavy atom. The molecular weight excluding hydrogens is 346 g/mol. The normalized spacial score (nSPS) is 12.8. The van der Waals surface area contributed by atoms with Gasteiger partial charge in [-0.15, -0.1) is 0 Å². The number of methoxy groups -OCH3 is 1. The van der Waals surface area contributed by atoms with Crippen LogP contribution in [-0.4, -0.2) is 44.6 Å². The zero-order valence-corrected chi connectivity index (χ0v) is 13.4. The fraction of sp³-hybridized carbons (Fsp3) is 0.417. The van der Waals surface area contributed by atoms with Crippen molar-refractivity contribution in [1.82, 2.24) is 14.5 Å². The van der Waals surface area contributed by atoms with Crippen molar-refractivity contribution in [2.24, 2.45) is 0 Å². The van der Waals surface area contributed by atoms with Crippen LogP contribution in [0.25, 0.3) is 11.2 Å². The smallest absolute Gasteiger partial charge is 0.313 e. The summed E-state index contributed by atoms with van der Waals surface area (Å²) in [5.74, 6) is -0.909. The summed E-state index contributed by atoms with van der Waals surface area (Å²) >= 11 is 4.54. The van der Waals surface area contributed by atoms with Gasteiger partial charge in [-0.2, -0.15) is 0 Å². The zero-order valence-electron chi connectivity index (χ0n) is 11.0. The molecule has 0 amide bonds. The van der Waals surface area contributed by atoms with Gasteiger partial charge in [0.1, 0.15) is 5.52 Å². The second kappa shape index (κ2) is 6.55. The van der Waals surface area contributed by atoms with Crippen LogP contribution >= 0.6 is 27.7 Å².